The maximum Gasteiger partial charge on any atom is 0.178 e. The van der Waals surface area contributed by atoms with Crippen LogP contribution in [0.3, 0.4) is 0 Å². The molecule has 0 N–H and O–H groups in total. The maximum absolute atomic E-state index is 11.0. The summed E-state index contributed by atoms with van der Waals surface area (Å²) in [5.41, 5.74) is 1.36. The minimum absolute atomic E-state index is 0.123. The zero-order chi connectivity index (χ0) is 9.97. The van der Waals surface area contributed by atoms with Gasteiger partial charge in [0.2, 0.25) is 0 Å². The van der Waals surface area contributed by atoms with Crippen molar-refractivity contribution < 1.29 is 5.11 Å². The average molecular weight is 189 g/mol. The average Bonchev–Trinajstić information content (AvgIpc) is 2.21. The van der Waals surface area contributed by atoms with Crippen LogP contribution in [0.15, 0.2) is 24.3 Å². The molecule has 1 aliphatic carbocycles. The first kappa shape index (κ1) is 9.57. The third-order valence-corrected chi connectivity index (χ3v) is 3.37. The van der Waals surface area contributed by atoms with Gasteiger partial charge in [-0.05, 0) is 42.4 Å². The minimum Gasteiger partial charge on any atom is -0.290 e. The summed E-state index contributed by atoms with van der Waals surface area (Å²) in [7, 11) is 0. The lowest BCUT2D eigenvalue weighted by Gasteiger charge is -2.26. The zero-order valence-electron chi connectivity index (χ0n) is 8.70. The van der Waals surface area contributed by atoms with E-state index in [4.69, 9.17) is 0 Å². The van der Waals surface area contributed by atoms with Gasteiger partial charge in [0, 0.05) is 0 Å². The summed E-state index contributed by atoms with van der Waals surface area (Å²) in [5, 5.41) is 11.0. The van der Waals surface area contributed by atoms with Gasteiger partial charge in [-0.15, -0.1) is 0 Å². The van der Waals surface area contributed by atoms with Crippen LogP contribution in [0.2, 0.25) is 0 Å². The molecular formula is C13H17O. The second-order valence-corrected chi connectivity index (χ2v) is 4.53. The molecule has 1 aliphatic rings. The van der Waals surface area contributed by atoms with E-state index in [0.717, 1.165) is 5.92 Å². The zero-order valence-corrected chi connectivity index (χ0v) is 8.70. The molecule has 0 spiro atoms. The Balaban J connectivity index is 2.05. The summed E-state index contributed by atoms with van der Waals surface area (Å²) in [6.45, 7) is 2.33. The molecule has 2 rings (SSSR count). The second-order valence-electron chi connectivity index (χ2n) is 4.53. The van der Waals surface area contributed by atoms with E-state index < -0.39 is 0 Å². The largest absolute Gasteiger partial charge is 0.290 e. The standard InChI is InChI=1S/C13H17O/c1-10-2-4-11(5-3-10)12-6-8-13(14)9-7-12/h6-11H,2-5H2,1H3. The van der Waals surface area contributed by atoms with Gasteiger partial charge < -0.3 is 0 Å². The smallest absolute Gasteiger partial charge is 0.178 e. The highest BCUT2D eigenvalue weighted by Gasteiger charge is 2.19. The maximum atomic E-state index is 11.0. The van der Waals surface area contributed by atoms with Crippen LogP contribution in [0.5, 0.6) is 5.75 Å². The minimum atomic E-state index is 0.123. The normalized spacial score (nSPS) is 27.5. The van der Waals surface area contributed by atoms with Crippen LogP contribution in [0.25, 0.3) is 0 Å². The number of hydrogen-bond acceptors (Lipinski definition) is 0. The Labute approximate surface area is 85.8 Å². The Kier molecular flexibility index (Phi) is 2.76. The fourth-order valence-corrected chi connectivity index (χ4v) is 2.33. The van der Waals surface area contributed by atoms with Gasteiger partial charge in [-0.2, -0.15) is 0 Å². The predicted octanol–water partition coefficient (Wildman–Crippen LogP) is 4.12. The Morgan fingerprint density at radius 1 is 1.00 bits per heavy atom. The SMILES string of the molecule is CC1CCC(c2ccc([O])cc2)CC1. The van der Waals surface area contributed by atoms with Crippen molar-refractivity contribution in [2.45, 2.75) is 38.5 Å². The lowest BCUT2D eigenvalue weighted by Crippen LogP contribution is -2.10. The van der Waals surface area contributed by atoms with Gasteiger partial charge in [-0.3, -0.25) is 5.11 Å². The highest BCUT2D eigenvalue weighted by molar-refractivity contribution is 5.28. The van der Waals surface area contributed by atoms with Crippen LogP contribution >= 0.6 is 0 Å². The van der Waals surface area contributed by atoms with Crippen LogP contribution in [0.1, 0.15) is 44.1 Å². The topological polar surface area (TPSA) is 19.9 Å². The van der Waals surface area contributed by atoms with Crippen LogP contribution in [0.4, 0.5) is 0 Å². The van der Waals surface area contributed by atoms with Gasteiger partial charge in [0.05, 0.1) is 0 Å². The number of hydrogen-bond donors (Lipinski definition) is 0. The Bertz CT molecular complexity index is 281. The molecule has 75 valence electrons. The predicted molar refractivity (Wildman–Crippen MR) is 56.9 cm³/mol. The van der Waals surface area contributed by atoms with Crippen molar-refractivity contribution in [1.29, 1.82) is 0 Å². The third kappa shape index (κ3) is 2.09. The monoisotopic (exact) mass is 189 g/mol. The quantitative estimate of drug-likeness (QED) is 0.633. The van der Waals surface area contributed by atoms with E-state index in [1.807, 2.05) is 12.1 Å². The van der Waals surface area contributed by atoms with E-state index in [0.29, 0.717) is 5.92 Å². The molecule has 1 aromatic carbocycles. The highest BCUT2D eigenvalue weighted by atomic mass is 16.3. The molecule has 1 heteroatoms. The van der Waals surface area contributed by atoms with E-state index in [1.165, 1.54) is 31.2 Å². The van der Waals surface area contributed by atoms with Crippen molar-refractivity contribution in [3.05, 3.63) is 29.8 Å². The lowest BCUT2D eigenvalue weighted by atomic mass is 9.79. The Morgan fingerprint density at radius 3 is 2.14 bits per heavy atom. The first-order chi connectivity index (χ1) is 6.75. The summed E-state index contributed by atoms with van der Waals surface area (Å²) in [6, 6.07) is 7.38. The van der Waals surface area contributed by atoms with Gasteiger partial charge in [0.25, 0.3) is 0 Å². The van der Waals surface area contributed by atoms with Gasteiger partial charge in [0.1, 0.15) is 0 Å². The fourth-order valence-electron chi connectivity index (χ4n) is 2.33. The summed E-state index contributed by atoms with van der Waals surface area (Å²) in [4.78, 5) is 0. The molecule has 1 saturated carbocycles. The first-order valence-electron chi connectivity index (χ1n) is 5.52. The summed E-state index contributed by atoms with van der Waals surface area (Å²) in [5.74, 6) is 1.72. The van der Waals surface area contributed by atoms with E-state index >= 15 is 0 Å². The van der Waals surface area contributed by atoms with Crippen molar-refractivity contribution in [2.24, 2.45) is 5.92 Å². The van der Waals surface area contributed by atoms with Crippen molar-refractivity contribution in [3.63, 3.8) is 0 Å². The Hall–Kier alpha value is -0.980. The van der Waals surface area contributed by atoms with Gasteiger partial charge in [0.15, 0.2) is 5.75 Å². The van der Waals surface area contributed by atoms with Gasteiger partial charge >= 0.3 is 0 Å². The molecule has 1 aromatic rings. The van der Waals surface area contributed by atoms with Crippen molar-refractivity contribution >= 4 is 0 Å². The molecule has 0 atom stereocenters. The van der Waals surface area contributed by atoms with Crippen molar-refractivity contribution in [2.75, 3.05) is 0 Å². The van der Waals surface area contributed by atoms with Crippen LogP contribution in [-0.4, -0.2) is 0 Å². The summed E-state index contributed by atoms with van der Waals surface area (Å²) >= 11 is 0. The molecule has 1 radical (unpaired) electrons. The van der Waals surface area contributed by atoms with E-state index in [-0.39, 0.29) is 5.75 Å². The van der Waals surface area contributed by atoms with Crippen LogP contribution in [-0.2, 0) is 5.11 Å². The van der Waals surface area contributed by atoms with Crippen LogP contribution < -0.4 is 0 Å². The number of benzene rings is 1. The van der Waals surface area contributed by atoms with Crippen LogP contribution in [0, 0.1) is 5.92 Å². The molecule has 0 amide bonds. The summed E-state index contributed by atoms with van der Waals surface area (Å²) in [6.07, 6.45) is 5.26. The molecular weight excluding hydrogens is 172 g/mol. The van der Waals surface area contributed by atoms with E-state index in [9.17, 15) is 5.11 Å². The van der Waals surface area contributed by atoms with Gasteiger partial charge in [-0.25, -0.2) is 0 Å². The van der Waals surface area contributed by atoms with E-state index in [2.05, 4.69) is 6.92 Å². The van der Waals surface area contributed by atoms with Crippen molar-refractivity contribution in [3.8, 4) is 5.75 Å². The molecule has 14 heavy (non-hydrogen) atoms. The molecule has 0 heterocycles. The summed E-state index contributed by atoms with van der Waals surface area (Å²) < 4.78 is 0. The third-order valence-electron chi connectivity index (χ3n) is 3.37. The lowest BCUT2D eigenvalue weighted by molar-refractivity contribution is 0.344. The van der Waals surface area contributed by atoms with Gasteiger partial charge in [-0.1, -0.05) is 31.9 Å². The molecule has 1 fully saturated rings. The highest BCUT2D eigenvalue weighted by Crippen LogP contribution is 2.35. The molecule has 0 aromatic heterocycles. The Morgan fingerprint density at radius 2 is 1.57 bits per heavy atom. The number of rotatable bonds is 1. The molecule has 0 saturated heterocycles. The van der Waals surface area contributed by atoms with E-state index in [1.54, 1.807) is 12.1 Å². The second kappa shape index (κ2) is 4.04. The van der Waals surface area contributed by atoms with Crippen molar-refractivity contribution in [1.82, 2.24) is 0 Å². The fraction of sp³-hybridized carbons (Fsp3) is 0.538. The molecule has 0 bridgehead atoms. The molecule has 0 unspecified atom stereocenters. The molecule has 1 nitrogen and oxygen atoms in total. The molecule has 0 aliphatic heterocycles. The first-order valence-corrected chi connectivity index (χ1v) is 5.52.